The number of carbonyl (C=O) groups is 2. The molecule has 0 spiro atoms. The molecule has 0 fully saturated rings. The molecule has 106 valence electrons. The topological polar surface area (TPSA) is 93.1 Å². The number of hydrogen-bond acceptors (Lipinski definition) is 6. The van der Waals surface area contributed by atoms with Crippen LogP contribution in [-0.4, -0.2) is 60.4 Å². The minimum Gasteiger partial charge on any atom is -0.383 e. The lowest BCUT2D eigenvalue weighted by atomic mass is 10.3. The number of Topliss-reactive ketones (excluding diaryl/α,β-unsaturated/α-hetero) is 2. The Kier molecular flexibility index (Phi) is 9.67. The molecule has 0 aliphatic heterocycles. The second-order valence-electron chi connectivity index (χ2n) is 4.11. The molecule has 0 aromatic rings. The van der Waals surface area contributed by atoms with E-state index in [0.717, 1.165) is 12.8 Å². The minimum atomic E-state index is -1.05. The van der Waals surface area contributed by atoms with E-state index in [1.807, 2.05) is 0 Å². The van der Waals surface area contributed by atoms with Gasteiger partial charge in [0.1, 0.15) is 12.2 Å². The Labute approximate surface area is 107 Å². The van der Waals surface area contributed by atoms with Crippen molar-refractivity contribution in [3.05, 3.63) is 0 Å². The van der Waals surface area contributed by atoms with Gasteiger partial charge in [0.15, 0.2) is 11.6 Å². The van der Waals surface area contributed by atoms with Crippen molar-refractivity contribution in [3.8, 4) is 0 Å². The van der Waals surface area contributed by atoms with E-state index in [1.54, 1.807) is 0 Å². The van der Waals surface area contributed by atoms with Crippen LogP contribution in [0.3, 0.4) is 0 Å². The number of ketones is 2. The monoisotopic (exact) mass is 262 g/mol. The normalized spacial score (nSPS) is 14.2. The molecular weight excluding hydrogens is 240 g/mol. The molecule has 0 rings (SSSR count). The highest BCUT2D eigenvalue weighted by Crippen LogP contribution is 1.95. The highest BCUT2D eigenvalue weighted by atomic mass is 16.5. The predicted octanol–water partition coefficient (Wildman–Crippen LogP) is -0.300. The number of rotatable bonds is 11. The van der Waals surface area contributed by atoms with Crippen molar-refractivity contribution in [1.29, 1.82) is 0 Å². The highest BCUT2D eigenvalue weighted by Gasteiger charge is 2.09. The Hall–Kier alpha value is -0.820. The van der Waals surface area contributed by atoms with Crippen LogP contribution in [0.15, 0.2) is 0 Å². The third-order valence-electron chi connectivity index (χ3n) is 2.32. The fraction of sp³-hybridized carbons (Fsp3) is 0.833. The second kappa shape index (κ2) is 10.1. The number of unbranched alkanes of at least 4 members (excludes halogenated alkanes) is 1. The molecule has 0 radical (unpaired) electrons. The predicted molar refractivity (Wildman–Crippen MR) is 64.2 cm³/mol. The van der Waals surface area contributed by atoms with Crippen LogP contribution in [-0.2, 0) is 19.1 Å². The standard InChI is InChI=1S/C12H22O6/c1-9(13)11(15)7-17-5-3-4-6-18-8-12(16)10(2)14/h11-12,15-16H,3-8H2,1-2H3. The maximum atomic E-state index is 10.7. The van der Waals surface area contributed by atoms with E-state index >= 15 is 0 Å². The summed E-state index contributed by atoms with van der Waals surface area (Å²) in [5.41, 5.74) is 0. The van der Waals surface area contributed by atoms with Gasteiger partial charge in [-0.1, -0.05) is 0 Å². The van der Waals surface area contributed by atoms with Gasteiger partial charge in [-0.2, -0.15) is 0 Å². The third-order valence-corrected chi connectivity index (χ3v) is 2.32. The van der Waals surface area contributed by atoms with Crippen molar-refractivity contribution < 1.29 is 29.3 Å². The van der Waals surface area contributed by atoms with Gasteiger partial charge >= 0.3 is 0 Å². The number of hydrogen-bond donors (Lipinski definition) is 2. The van der Waals surface area contributed by atoms with E-state index in [9.17, 15) is 9.59 Å². The molecule has 0 aromatic carbocycles. The van der Waals surface area contributed by atoms with Gasteiger partial charge in [-0.15, -0.1) is 0 Å². The zero-order valence-electron chi connectivity index (χ0n) is 10.9. The summed E-state index contributed by atoms with van der Waals surface area (Å²) in [7, 11) is 0. The van der Waals surface area contributed by atoms with Crippen LogP contribution in [0.1, 0.15) is 26.7 Å². The Morgan fingerprint density at radius 2 is 1.22 bits per heavy atom. The Morgan fingerprint density at radius 3 is 1.50 bits per heavy atom. The van der Waals surface area contributed by atoms with Gasteiger partial charge in [0.2, 0.25) is 0 Å². The molecule has 0 heterocycles. The summed E-state index contributed by atoms with van der Waals surface area (Å²) in [6.07, 6.45) is -0.652. The van der Waals surface area contributed by atoms with Crippen LogP contribution in [0.4, 0.5) is 0 Å². The molecule has 2 atom stereocenters. The minimum absolute atomic E-state index is 0.0131. The Morgan fingerprint density at radius 1 is 0.889 bits per heavy atom. The van der Waals surface area contributed by atoms with Gasteiger partial charge in [-0.3, -0.25) is 9.59 Å². The largest absolute Gasteiger partial charge is 0.383 e. The quantitative estimate of drug-likeness (QED) is 0.497. The molecular formula is C12H22O6. The van der Waals surface area contributed by atoms with E-state index in [0.29, 0.717) is 13.2 Å². The first kappa shape index (κ1) is 17.2. The van der Waals surface area contributed by atoms with Gasteiger partial charge in [-0.05, 0) is 26.7 Å². The molecule has 0 amide bonds. The molecule has 6 heteroatoms. The van der Waals surface area contributed by atoms with Crippen LogP contribution in [0.2, 0.25) is 0 Å². The Balaban J connectivity index is 3.26. The van der Waals surface area contributed by atoms with Crippen LogP contribution < -0.4 is 0 Å². The maximum absolute atomic E-state index is 10.7. The molecule has 0 aliphatic carbocycles. The van der Waals surface area contributed by atoms with Crippen molar-refractivity contribution in [2.75, 3.05) is 26.4 Å². The molecule has 18 heavy (non-hydrogen) atoms. The van der Waals surface area contributed by atoms with Crippen molar-refractivity contribution in [2.45, 2.75) is 38.9 Å². The molecule has 0 aliphatic rings. The molecule has 0 aromatic heterocycles. The van der Waals surface area contributed by atoms with Gasteiger partial charge in [0.25, 0.3) is 0 Å². The van der Waals surface area contributed by atoms with Crippen LogP contribution in [0.25, 0.3) is 0 Å². The second-order valence-corrected chi connectivity index (χ2v) is 4.11. The first-order valence-electron chi connectivity index (χ1n) is 5.97. The van der Waals surface area contributed by atoms with Gasteiger partial charge < -0.3 is 19.7 Å². The number of aliphatic hydroxyl groups excluding tert-OH is 2. The lowest BCUT2D eigenvalue weighted by Gasteiger charge is -2.09. The summed E-state index contributed by atoms with van der Waals surface area (Å²) in [4.78, 5) is 21.3. The van der Waals surface area contributed by atoms with E-state index in [4.69, 9.17) is 19.7 Å². The number of carbonyl (C=O) groups excluding carboxylic acids is 2. The summed E-state index contributed by atoms with van der Waals surface area (Å²) >= 11 is 0. The van der Waals surface area contributed by atoms with E-state index in [2.05, 4.69) is 0 Å². The smallest absolute Gasteiger partial charge is 0.160 e. The van der Waals surface area contributed by atoms with E-state index in [1.165, 1.54) is 13.8 Å². The summed E-state index contributed by atoms with van der Waals surface area (Å²) in [5, 5.41) is 18.2. The summed E-state index contributed by atoms with van der Waals surface area (Å²) in [6, 6.07) is 0. The van der Waals surface area contributed by atoms with Gasteiger partial charge in [-0.25, -0.2) is 0 Å². The van der Waals surface area contributed by atoms with Gasteiger partial charge in [0, 0.05) is 13.2 Å². The SMILES string of the molecule is CC(=O)C(O)COCCCCOCC(O)C(C)=O. The van der Waals surface area contributed by atoms with Crippen molar-refractivity contribution in [3.63, 3.8) is 0 Å². The summed E-state index contributed by atoms with van der Waals surface area (Å²) in [5.74, 6) is -0.617. The molecule has 6 nitrogen and oxygen atoms in total. The third kappa shape index (κ3) is 9.23. The van der Waals surface area contributed by atoms with Crippen molar-refractivity contribution in [2.24, 2.45) is 0 Å². The highest BCUT2D eigenvalue weighted by molar-refractivity contribution is 5.80. The molecule has 0 bridgehead atoms. The van der Waals surface area contributed by atoms with Crippen LogP contribution >= 0.6 is 0 Å². The van der Waals surface area contributed by atoms with Crippen molar-refractivity contribution in [1.82, 2.24) is 0 Å². The zero-order valence-corrected chi connectivity index (χ0v) is 10.9. The first-order valence-corrected chi connectivity index (χ1v) is 5.97. The lowest BCUT2D eigenvalue weighted by Crippen LogP contribution is -2.24. The lowest BCUT2D eigenvalue weighted by molar-refractivity contribution is -0.129. The average Bonchev–Trinajstić information content (AvgIpc) is 2.31. The fourth-order valence-electron chi connectivity index (χ4n) is 1.03. The van der Waals surface area contributed by atoms with Gasteiger partial charge in [0.05, 0.1) is 13.2 Å². The van der Waals surface area contributed by atoms with E-state index in [-0.39, 0.29) is 24.8 Å². The average molecular weight is 262 g/mol. The number of aliphatic hydroxyl groups is 2. The summed E-state index contributed by atoms with van der Waals surface area (Å²) in [6.45, 7) is 3.51. The molecule has 0 saturated heterocycles. The Bertz CT molecular complexity index is 227. The van der Waals surface area contributed by atoms with Crippen LogP contribution in [0, 0.1) is 0 Å². The zero-order chi connectivity index (χ0) is 14.0. The number of ether oxygens (including phenoxy) is 2. The molecule has 2 unspecified atom stereocenters. The van der Waals surface area contributed by atoms with Crippen LogP contribution in [0.5, 0.6) is 0 Å². The van der Waals surface area contributed by atoms with Crippen molar-refractivity contribution >= 4 is 11.6 Å². The summed E-state index contributed by atoms with van der Waals surface area (Å²) < 4.78 is 10.2. The fourth-order valence-corrected chi connectivity index (χ4v) is 1.03. The maximum Gasteiger partial charge on any atom is 0.160 e. The molecule has 0 saturated carbocycles. The van der Waals surface area contributed by atoms with E-state index < -0.39 is 12.2 Å². The molecule has 2 N–H and O–H groups in total. The first-order chi connectivity index (χ1) is 8.45.